The van der Waals surface area contributed by atoms with E-state index in [2.05, 4.69) is 5.32 Å². The summed E-state index contributed by atoms with van der Waals surface area (Å²) in [5.41, 5.74) is 6.03. The van der Waals surface area contributed by atoms with E-state index in [4.69, 9.17) is 5.73 Å². The second-order valence-corrected chi connectivity index (χ2v) is 3.81. The molecule has 1 aromatic carbocycles. The lowest BCUT2D eigenvalue weighted by Crippen LogP contribution is -2.41. The van der Waals surface area contributed by atoms with Crippen molar-refractivity contribution >= 4 is 5.91 Å². The maximum atomic E-state index is 13.0. The molecule has 3 nitrogen and oxygen atoms in total. The molecule has 3 N–H and O–H groups in total. The van der Waals surface area contributed by atoms with Crippen LogP contribution >= 0.6 is 0 Å². The highest BCUT2D eigenvalue weighted by molar-refractivity contribution is 5.79. The van der Waals surface area contributed by atoms with Gasteiger partial charge in [0.25, 0.3) is 0 Å². The van der Waals surface area contributed by atoms with Gasteiger partial charge in [-0.05, 0) is 31.0 Å². The van der Waals surface area contributed by atoms with Crippen LogP contribution in [-0.2, 0) is 4.79 Å². The first kappa shape index (κ1) is 12.6. The molecule has 1 unspecified atom stereocenters. The standard InChI is InChI=1S/C12H17FN2O/c1-3-11(12(14)16)15-8(2)9-5-4-6-10(13)7-9/h4-8,11,15H,3H2,1-2H3,(H2,14,16)/t8-,11?/m0/s1. The van der Waals surface area contributed by atoms with Crippen LogP contribution in [0.4, 0.5) is 4.39 Å². The number of primary amides is 1. The monoisotopic (exact) mass is 224 g/mol. The zero-order valence-electron chi connectivity index (χ0n) is 9.53. The van der Waals surface area contributed by atoms with E-state index in [1.807, 2.05) is 19.9 Å². The minimum Gasteiger partial charge on any atom is -0.368 e. The Bertz CT molecular complexity index is 368. The van der Waals surface area contributed by atoms with E-state index in [1.165, 1.54) is 12.1 Å². The van der Waals surface area contributed by atoms with Crippen molar-refractivity contribution in [2.75, 3.05) is 0 Å². The third kappa shape index (κ3) is 3.31. The second-order valence-electron chi connectivity index (χ2n) is 3.81. The number of benzene rings is 1. The lowest BCUT2D eigenvalue weighted by Gasteiger charge is -2.20. The second kappa shape index (κ2) is 5.61. The number of amides is 1. The summed E-state index contributed by atoms with van der Waals surface area (Å²) < 4.78 is 13.0. The molecule has 1 rings (SSSR count). The highest BCUT2D eigenvalue weighted by Gasteiger charge is 2.16. The average molecular weight is 224 g/mol. The fourth-order valence-corrected chi connectivity index (χ4v) is 1.58. The highest BCUT2D eigenvalue weighted by atomic mass is 19.1. The summed E-state index contributed by atoms with van der Waals surface area (Å²) in [4.78, 5) is 11.0. The molecule has 1 aromatic rings. The lowest BCUT2D eigenvalue weighted by atomic mass is 10.1. The first-order valence-corrected chi connectivity index (χ1v) is 5.35. The molecule has 88 valence electrons. The van der Waals surface area contributed by atoms with Crippen molar-refractivity contribution < 1.29 is 9.18 Å². The van der Waals surface area contributed by atoms with Crippen molar-refractivity contribution in [3.8, 4) is 0 Å². The maximum Gasteiger partial charge on any atom is 0.234 e. The molecule has 0 aliphatic carbocycles. The van der Waals surface area contributed by atoms with Gasteiger partial charge in [-0.15, -0.1) is 0 Å². The van der Waals surface area contributed by atoms with E-state index in [0.29, 0.717) is 6.42 Å². The molecule has 0 spiro atoms. The number of hydrogen-bond acceptors (Lipinski definition) is 2. The Balaban J connectivity index is 2.71. The Hall–Kier alpha value is -1.42. The zero-order chi connectivity index (χ0) is 12.1. The molecular formula is C12H17FN2O. The number of rotatable bonds is 5. The molecule has 4 heteroatoms. The third-order valence-corrected chi connectivity index (χ3v) is 2.55. The number of hydrogen-bond donors (Lipinski definition) is 2. The molecule has 0 heterocycles. The molecule has 0 aliphatic rings. The summed E-state index contributed by atoms with van der Waals surface area (Å²) in [6.07, 6.45) is 0.620. The first-order chi connectivity index (χ1) is 7.54. The Morgan fingerprint density at radius 3 is 2.75 bits per heavy atom. The molecule has 0 radical (unpaired) electrons. The van der Waals surface area contributed by atoms with E-state index in [9.17, 15) is 9.18 Å². The Kier molecular flexibility index (Phi) is 4.43. The third-order valence-electron chi connectivity index (χ3n) is 2.55. The van der Waals surface area contributed by atoms with Crippen LogP contribution in [0.5, 0.6) is 0 Å². The van der Waals surface area contributed by atoms with Crippen molar-refractivity contribution in [2.24, 2.45) is 5.73 Å². The van der Waals surface area contributed by atoms with Gasteiger partial charge in [0.05, 0.1) is 6.04 Å². The van der Waals surface area contributed by atoms with Gasteiger partial charge in [0.2, 0.25) is 5.91 Å². The minimum absolute atomic E-state index is 0.104. The van der Waals surface area contributed by atoms with Gasteiger partial charge in [-0.25, -0.2) is 4.39 Å². The van der Waals surface area contributed by atoms with Crippen molar-refractivity contribution in [3.05, 3.63) is 35.6 Å². The van der Waals surface area contributed by atoms with Crippen molar-refractivity contribution in [2.45, 2.75) is 32.4 Å². The summed E-state index contributed by atoms with van der Waals surface area (Å²) in [5, 5.41) is 3.07. The predicted octanol–water partition coefficient (Wildman–Crippen LogP) is 1.74. The largest absolute Gasteiger partial charge is 0.368 e. The van der Waals surface area contributed by atoms with Gasteiger partial charge in [-0.3, -0.25) is 10.1 Å². The van der Waals surface area contributed by atoms with E-state index >= 15 is 0 Å². The number of halogens is 1. The van der Waals surface area contributed by atoms with E-state index in [1.54, 1.807) is 6.07 Å². The maximum absolute atomic E-state index is 13.0. The Morgan fingerprint density at radius 2 is 2.25 bits per heavy atom. The van der Waals surface area contributed by atoms with Crippen LogP contribution in [0.2, 0.25) is 0 Å². The van der Waals surface area contributed by atoms with E-state index in [0.717, 1.165) is 5.56 Å². The number of nitrogens with one attached hydrogen (secondary N) is 1. The minimum atomic E-state index is -0.384. The number of carbonyl (C=O) groups is 1. The molecule has 0 bridgehead atoms. The van der Waals surface area contributed by atoms with Crippen LogP contribution in [0.15, 0.2) is 24.3 Å². The molecule has 0 aliphatic heterocycles. The Morgan fingerprint density at radius 1 is 1.56 bits per heavy atom. The van der Waals surface area contributed by atoms with Crippen LogP contribution in [0.3, 0.4) is 0 Å². The molecule has 2 atom stereocenters. The molecule has 0 saturated carbocycles. The molecule has 1 amide bonds. The van der Waals surface area contributed by atoms with Crippen molar-refractivity contribution in [1.82, 2.24) is 5.32 Å². The van der Waals surface area contributed by atoms with Crippen LogP contribution in [-0.4, -0.2) is 11.9 Å². The van der Waals surface area contributed by atoms with Gasteiger partial charge in [-0.1, -0.05) is 19.1 Å². The van der Waals surface area contributed by atoms with Crippen molar-refractivity contribution in [1.29, 1.82) is 0 Å². The van der Waals surface area contributed by atoms with E-state index < -0.39 is 0 Å². The first-order valence-electron chi connectivity index (χ1n) is 5.35. The van der Waals surface area contributed by atoms with Crippen LogP contribution in [0.25, 0.3) is 0 Å². The number of nitrogens with two attached hydrogens (primary N) is 1. The summed E-state index contributed by atoms with van der Waals surface area (Å²) in [6.45, 7) is 3.75. The lowest BCUT2D eigenvalue weighted by molar-refractivity contribution is -0.120. The topological polar surface area (TPSA) is 55.1 Å². The molecule has 0 saturated heterocycles. The highest BCUT2D eigenvalue weighted by Crippen LogP contribution is 2.14. The van der Waals surface area contributed by atoms with Crippen LogP contribution < -0.4 is 11.1 Å². The van der Waals surface area contributed by atoms with Gasteiger partial charge in [0.15, 0.2) is 0 Å². The summed E-state index contributed by atoms with van der Waals surface area (Å²) in [6, 6.07) is 5.82. The average Bonchev–Trinajstić information content (AvgIpc) is 2.25. The SMILES string of the molecule is CCC(N[C@@H](C)c1cccc(F)c1)C(N)=O. The smallest absolute Gasteiger partial charge is 0.234 e. The van der Waals surface area contributed by atoms with Gasteiger partial charge >= 0.3 is 0 Å². The fraction of sp³-hybridized carbons (Fsp3) is 0.417. The molecule has 0 aromatic heterocycles. The number of carbonyl (C=O) groups excluding carboxylic acids is 1. The van der Waals surface area contributed by atoms with Crippen LogP contribution in [0.1, 0.15) is 31.9 Å². The zero-order valence-corrected chi connectivity index (χ0v) is 9.53. The summed E-state index contributed by atoms with van der Waals surface area (Å²) in [5.74, 6) is -0.663. The Labute approximate surface area is 94.8 Å². The van der Waals surface area contributed by atoms with Crippen molar-refractivity contribution in [3.63, 3.8) is 0 Å². The fourth-order valence-electron chi connectivity index (χ4n) is 1.58. The predicted molar refractivity (Wildman–Crippen MR) is 61.2 cm³/mol. The molecule has 16 heavy (non-hydrogen) atoms. The van der Waals surface area contributed by atoms with Gasteiger partial charge in [0.1, 0.15) is 5.82 Å². The van der Waals surface area contributed by atoms with Gasteiger partial charge in [-0.2, -0.15) is 0 Å². The molecular weight excluding hydrogens is 207 g/mol. The molecule has 0 fully saturated rings. The van der Waals surface area contributed by atoms with E-state index in [-0.39, 0.29) is 23.8 Å². The van der Waals surface area contributed by atoms with Gasteiger partial charge < -0.3 is 5.73 Å². The summed E-state index contributed by atoms with van der Waals surface area (Å²) >= 11 is 0. The normalized spacial score (nSPS) is 14.4. The van der Waals surface area contributed by atoms with Gasteiger partial charge in [0, 0.05) is 6.04 Å². The quantitative estimate of drug-likeness (QED) is 0.800. The van der Waals surface area contributed by atoms with Crippen LogP contribution in [0, 0.1) is 5.82 Å². The summed E-state index contributed by atoms with van der Waals surface area (Å²) in [7, 11) is 0.